The van der Waals surface area contributed by atoms with Crippen LogP contribution in [-0.2, 0) is 26.0 Å². The van der Waals surface area contributed by atoms with Gasteiger partial charge in [0.25, 0.3) is 0 Å². The van der Waals surface area contributed by atoms with E-state index in [1.165, 1.54) is 11.8 Å². The molecule has 10 heteroatoms. The highest BCUT2D eigenvalue weighted by Gasteiger charge is 2.48. The third-order valence-corrected chi connectivity index (χ3v) is 7.96. The van der Waals surface area contributed by atoms with Crippen molar-refractivity contribution < 1.29 is 27.9 Å². The lowest BCUT2D eigenvalue weighted by molar-refractivity contribution is -0.137. The van der Waals surface area contributed by atoms with E-state index in [9.17, 15) is 18.0 Å². The number of hydrogen-bond acceptors (Lipinski definition) is 6. The largest absolute Gasteiger partial charge is 0.496 e. The van der Waals surface area contributed by atoms with Gasteiger partial charge in [-0.15, -0.1) is 0 Å². The van der Waals surface area contributed by atoms with E-state index >= 15 is 0 Å². The second kappa shape index (κ2) is 8.52. The molecule has 0 aliphatic carbocycles. The van der Waals surface area contributed by atoms with Crippen LogP contribution in [0.4, 0.5) is 0 Å². The molecule has 1 aromatic rings. The van der Waals surface area contributed by atoms with Crippen LogP contribution in [0.15, 0.2) is 29.3 Å². The number of ether oxygens (including phenoxy) is 1. The molecule has 8 nitrogen and oxygen atoms in total. The van der Waals surface area contributed by atoms with Crippen LogP contribution in [0.25, 0.3) is 0 Å². The fourth-order valence-electron chi connectivity index (χ4n) is 3.39. The summed E-state index contributed by atoms with van der Waals surface area (Å²) in [4.78, 5) is 28.8. The number of amides is 1. The Labute approximate surface area is 167 Å². The fraction of sp³-hybridized carbons (Fsp3) is 0.500. The molecular formula is C18H22N2O6S2. The number of rotatable bonds is 7. The summed E-state index contributed by atoms with van der Waals surface area (Å²) in [6, 6.07) is 7.20. The summed E-state index contributed by atoms with van der Waals surface area (Å²) in [5, 5.41) is 9.03. The van der Waals surface area contributed by atoms with Gasteiger partial charge in [0.2, 0.25) is 5.91 Å². The topological polar surface area (TPSA) is 113 Å². The average molecular weight is 427 g/mol. The average Bonchev–Trinajstić information content (AvgIpc) is 3.07. The monoisotopic (exact) mass is 426 g/mol. The Morgan fingerprint density at radius 1 is 1.29 bits per heavy atom. The number of carbonyl (C=O) groups excluding carboxylic acids is 1. The van der Waals surface area contributed by atoms with E-state index < -0.39 is 21.7 Å². The minimum atomic E-state index is -3.12. The smallest absolute Gasteiger partial charge is 0.303 e. The zero-order valence-corrected chi connectivity index (χ0v) is 17.0. The summed E-state index contributed by atoms with van der Waals surface area (Å²) >= 11 is 1.31. The molecule has 28 heavy (non-hydrogen) atoms. The van der Waals surface area contributed by atoms with Crippen LogP contribution >= 0.6 is 11.8 Å². The Balaban J connectivity index is 1.81. The number of methoxy groups -OCH3 is 1. The molecule has 2 atom stereocenters. The number of aliphatic imine (C=N–C) groups is 1. The Morgan fingerprint density at radius 2 is 2.04 bits per heavy atom. The van der Waals surface area contributed by atoms with Crippen LogP contribution in [0.1, 0.15) is 24.8 Å². The van der Waals surface area contributed by atoms with Gasteiger partial charge in [0.1, 0.15) is 5.75 Å². The first kappa shape index (κ1) is 20.7. The highest BCUT2D eigenvalue weighted by atomic mass is 32.2. The highest BCUT2D eigenvalue weighted by molar-refractivity contribution is 8.15. The van der Waals surface area contributed by atoms with Crippen LogP contribution in [0.3, 0.4) is 0 Å². The van der Waals surface area contributed by atoms with Gasteiger partial charge in [0, 0.05) is 30.2 Å². The first-order valence-corrected chi connectivity index (χ1v) is 11.6. The lowest BCUT2D eigenvalue weighted by Gasteiger charge is -2.25. The third-order valence-electron chi connectivity index (χ3n) is 4.71. The molecule has 3 rings (SSSR count). The number of carbonyl (C=O) groups is 2. The zero-order valence-electron chi connectivity index (χ0n) is 15.4. The van der Waals surface area contributed by atoms with E-state index in [1.54, 1.807) is 7.11 Å². The predicted molar refractivity (Wildman–Crippen MR) is 106 cm³/mol. The number of amidine groups is 1. The van der Waals surface area contributed by atoms with Gasteiger partial charge in [0.05, 0.1) is 24.7 Å². The van der Waals surface area contributed by atoms with E-state index in [1.807, 2.05) is 29.2 Å². The summed E-state index contributed by atoms with van der Waals surface area (Å²) in [7, 11) is -1.55. The summed E-state index contributed by atoms with van der Waals surface area (Å²) in [6.45, 7) is 0.384. The van der Waals surface area contributed by atoms with E-state index in [-0.39, 0.29) is 42.1 Å². The van der Waals surface area contributed by atoms with Crippen molar-refractivity contribution in [1.29, 1.82) is 0 Å². The fourth-order valence-corrected chi connectivity index (χ4v) is 7.36. The second-order valence-corrected chi connectivity index (χ2v) is 10.1. The number of carboxylic acids is 1. The number of sulfone groups is 1. The number of thioether (sulfide) groups is 1. The van der Waals surface area contributed by atoms with Gasteiger partial charge in [-0.05, 0) is 12.5 Å². The lowest BCUT2D eigenvalue weighted by atomic mass is 10.1. The van der Waals surface area contributed by atoms with Crippen LogP contribution in [0, 0.1) is 0 Å². The zero-order chi connectivity index (χ0) is 20.3. The molecule has 1 N–H and O–H groups in total. The summed E-state index contributed by atoms with van der Waals surface area (Å²) in [5.41, 5.74) is 0.876. The van der Waals surface area contributed by atoms with Crippen molar-refractivity contribution in [3.63, 3.8) is 0 Å². The molecule has 2 aliphatic rings. The van der Waals surface area contributed by atoms with Crippen LogP contribution in [-0.4, -0.2) is 65.4 Å². The van der Waals surface area contributed by atoms with E-state index in [0.29, 0.717) is 17.5 Å². The number of aliphatic carboxylic acids is 1. The van der Waals surface area contributed by atoms with Crippen molar-refractivity contribution >= 4 is 38.6 Å². The SMILES string of the molecule is COc1ccccc1CN1C(=NC(=O)CCCC(=O)O)S[C@@H]2CS(=O)(=O)C[C@@H]21. The van der Waals surface area contributed by atoms with Gasteiger partial charge < -0.3 is 14.7 Å². The third kappa shape index (κ3) is 4.85. The van der Waals surface area contributed by atoms with E-state index in [2.05, 4.69) is 4.99 Å². The summed E-state index contributed by atoms with van der Waals surface area (Å²) < 4.78 is 29.5. The molecular weight excluding hydrogens is 404 g/mol. The van der Waals surface area contributed by atoms with E-state index in [4.69, 9.17) is 9.84 Å². The van der Waals surface area contributed by atoms with Gasteiger partial charge in [-0.1, -0.05) is 30.0 Å². The van der Waals surface area contributed by atoms with Gasteiger partial charge in [-0.3, -0.25) is 9.59 Å². The molecule has 0 aromatic heterocycles. The highest BCUT2D eigenvalue weighted by Crippen LogP contribution is 2.39. The minimum absolute atomic E-state index is 0.0338. The lowest BCUT2D eigenvalue weighted by Crippen LogP contribution is -2.37. The number of benzene rings is 1. The molecule has 1 aromatic carbocycles. The molecule has 2 heterocycles. The number of para-hydroxylation sites is 1. The molecule has 0 saturated carbocycles. The standard InChI is InChI=1S/C18H22N2O6S2/c1-26-14-6-3-2-5-12(14)9-20-13-10-28(24,25)11-15(13)27-18(20)19-16(21)7-4-8-17(22)23/h2-3,5-6,13,15H,4,7-11H2,1H3,(H,22,23)/t13-,15+/m0/s1. The molecule has 0 spiro atoms. The van der Waals surface area contributed by atoms with Crippen LogP contribution < -0.4 is 4.74 Å². The van der Waals surface area contributed by atoms with Crippen molar-refractivity contribution in [3.05, 3.63) is 29.8 Å². The van der Waals surface area contributed by atoms with Gasteiger partial charge >= 0.3 is 5.97 Å². The summed E-state index contributed by atoms with van der Waals surface area (Å²) in [6.07, 6.45) is 0.188. The molecule has 0 unspecified atom stereocenters. The van der Waals surface area contributed by atoms with Crippen molar-refractivity contribution in [2.45, 2.75) is 37.1 Å². The maximum Gasteiger partial charge on any atom is 0.303 e. The van der Waals surface area contributed by atoms with Crippen molar-refractivity contribution in [3.8, 4) is 5.75 Å². The molecule has 0 bridgehead atoms. The van der Waals surface area contributed by atoms with Crippen molar-refractivity contribution in [1.82, 2.24) is 4.90 Å². The molecule has 2 fully saturated rings. The molecule has 2 saturated heterocycles. The summed E-state index contributed by atoms with van der Waals surface area (Å²) in [5.74, 6) is -0.558. The maximum absolute atomic E-state index is 12.2. The van der Waals surface area contributed by atoms with Crippen molar-refractivity contribution in [2.75, 3.05) is 18.6 Å². The number of nitrogens with zero attached hydrogens (tertiary/aromatic N) is 2. The number of fused-ring (bicyclic) bond motifs is 1. The van der Waals surface area contributed by atoms with Gasteiger partial charge in [-0.25, -0.2) is 8.42 Å². The number of carboxylic acid groups (broad SMARTS) is 1. The normalized spacial score (nSPS) is 24.3. The predicted octanol–water partition coefficient (Wildman–Crippen LogP) is 1.55. The van der Waals surface area contributed by atoms with E-state index in [0.717, 1.165) is 5.56 Å². The first-order valence-electron chi connectivity index (χ1n) is 8.88. The molecule has 2 aliphatic heterocycles. The van der Waals surface area contributed by atoms with Crippen molar-refractivity contribution in [2.24, 2.45) is 4.99 Å². The van der Waals surface area contributed by atoms with Gasteiger partial charge in [-0.2, -0.15) is 4.99 Å². The Kier molecular flexibility index (Phi) is 6.29. The van der Waals surface area contributed by atoms with Gasteiger partial charge in [0.15, 0.2) is 15.0 Å². The maximum atomic E-state index is 12.2. The first-order chi connectivity index (χ1) is 13.3. The van der Waals surface area contributed by atoms with Crippen LogP contribution in [0.5, 0.6) is 5.75 Å². The molecule has 1 amide bonds. The molecule has 0 radical (unpaired) electrons. The number of hydrogen-bond donors (Lipinski definition) is 1. The second-order valence-electron chi connectivity index (χ2n) is 6.78. The molecule has 152 valence electrons. The minimum Gasteiger partial charge on any atom is -0.496 e. The Bertz CT molecular complexity index is 899. The Hall–Kier alpha value is -2.07. The quantitative estimate of drug-likeness (QED) is 0.699. The Morgan fingerprint density at radius 3 is 2.75 bits per heavy atom. The van der Waals surface area contributed by atoms with Crippen LogP contribution in [0.2, 0.25) is 0 Å².